The third kappa shape index (κ3) is 9.23. The van der Waals surface area contributed by atoms with Gasteiger partial charge in [0.2, 0.25) is 27.8 Å². The van der Waals surface area contributed by atoms with E-state index < -0.39 is 15.6 Å². The summed E-state index contributed by atoms with van der Waals surface area (Å²) in [5.41, 5.74) is 3.84. The summed E-state index contributed by atoms with van der Waals surface area (Å²) in [7, 11) is -3.37. The van der Waals surface area contributed by atoms with Crippen LogP contribution in [0.4, 0.5) is 17.3 Å². The Morgan fingerprint density at radius 3 is 2.51 bits per heavy atom. The molecule has 3 amide bonds. The topological polar surface area (TPSA) is 218 Å². The number of carbonyl (C=O) groups excluding carboxylic acids is 3. The predicted octanol–water partition coefficient (Wildman–Crippen LogP) is 5.11. The summed E-state index contributed by atoms with van der Waals surface area (Å²) in [4.78, 5) is 49.4. The second kappa shape index (κ2) is 18.0. The number of hydrazone groups is 1. The Morgan fingerprint density at radius 1 is 1.00 bits per heavy atom. The molecule has 3 atom stereocenters. The number of benzene rings is 2. The maximum Gasteiger partial charge on any atom is 0.251 e. The van der Waals surface area contributed by atoms with Gasteiger partial charge in [0.1, 0.15) is 5.65 Å². The highest BCUT2D eigenvalue weighted by atomic mass is 32.2. The van der Waals surface area contributed by atoms with Crippen LogP contribution in [0.5, 0.6) is 0 Å². The largest absolute Gasteiger partial charge is 0.385 e. The van der Waals surface area contributed by atoms with E-state index in [4.69, 9.17) is 10.1 Å². The summed E-state index contributed by atoms with van der Waals surface area (Å²) in [6.07, 6.45) is 9.69. The molecule has 3 unspecified atom stereocenters. The van der Waals surface area contributed by atoms with Gasteiger partial charge in [0.05, 0.1) is 47.4 Å². The predicted molar refractivity (Wildman–Crippen MR) is 226 cm³/mol. The van der Waals surface area contributed by atoms with Crippen LogP contribution in [0, 0.1) is 11.3 Å². The van der Waals surface area contributed by atoms with Gasteiger partial charge in [-0.3, -0.25) is 24.7 Å². The fourth-order valence-corrected chi connectivity index (χ4v) is 9.40. The number of nitrogens with zero attached hydrogens (tertiary/aromatic N) is 6. The molecule has 16 nitrogen and oxygen atoms in total. The summed E-state index contributed by atoms with van der Waals surface area (Å²) in [5.74, 6) is -0.728. The summed E-state index contributed by atoms with van der Waals surface area (Å²) < 4.78 is 26.4. The number of nitrogens with one attached hydrogen (secondary N) is 5. The monoisotopic (exact) mass is 821 g/mol. The lowest BCUT2D eigenvalue weighted by molar-refractivity contribution is -0.134. The highest BCUT2D eigenvalue weighted by molar-refractivity contribution is 7.89. The molecule has 0 spiro atoms. The quantitative estimate of drug-likeness (QED) is 0.0657. The molecule has 59 heavy (non-hydrogen) atoms. The number of H-pyrrole nitrogens is 1. The van der Waals surface area contributed by atoms with Gasteiger partial charge in [-0.1, -0.05) is 31.4 Å². The number of aromatic nitrogens is 3. The van der Waals surface area contributed by atoms with E-state index in [1.807, 2.05) is 60.6 Å². The number of carbonyl (C=O) groups is 3. The molecule has 2 saturated heterocycles. The first-order chi connectivity index (χ1) is 28.5. The number of imide groups is 1. The van der Waals surface area contributed by atoms with Crippen LogP contribution < -0.4 is 21.3 Å². The van der Waals surface area contributed by atoms with Gasteiger partial charge in [0.15, 0.2) is 0 Å². The lowest BCUT2D eigenvalue weighted by Crippen LogP contribution is -2.71. The Balaban J connectivity index is 0.849. The number of fused-ring (bicyclic) bond motifs is 1. The van der Waals surface area contributed by atoms with Gasteiger partial charge in [-0.15, -0.1) is 0 Å². The fraction of sp³-hybridized carbons (Fsp3) is 0.452. The van der Waals surface area contributed by atoms with Crippen LogP contribution in [0.25, 0.3) is 11.0 Å². The van der Waals surface area contributed by atoms with E-state index in [0.717, 1.165) is 61.0 Å². The minimum Gasteiger partial charge on any atom is -0.385 e. The van der Waals surface area contributed by atoms with Gasteiger partial charge in [-0.25, -0.2) is 13.4 Å². The van der Waals surface area contributed by atoms with Crippen molar-refractivity contribution in [3.8, 4) is 6.07 Å². The maximum atomic E-state index is 12.9. The fourth-order valence-electron chi connectivity index (χ4n) is 8.16. The van der Waals surface area contributed by atoms with Crippen molar-refractivity contribution >= 4 is 62.3 Å². The van der Waals surface area contributed by atoms with Crippen molar-refractivity contribution < 1.29 is 22.8 Å². The Labute approximate surface area is 344 Å². The number of anilines is 3. The number of hydrogen-bond acceptors (Lipinski definition) is 12. The molecule has 0 aliphatic carbocycles. The van der Waals surface area contributed by atoms with E-state index >= 15 is 0 Å². The second-order valence-electron chi connectivity index (χ2n) is 15.6. The first-order valence-electron chi connectivity index (χ1n) is 20.4. The number of amides is 3. The molecule has 5 heterocycles. The first-order valence-corrected chi connectivity index (χ1v) is 22.0. The van der Waals surface area contributed by atoms with Gasteiger partial charge in [-0.2, -0.15) is 19.7 Å². The molecule has 3 aliphatic rings. The first kappa shape index (κ1) is 41.3. The van der Waals surface area contributed by atoms with Crippen LogP contribution in [-0.2, 0) is 19.6 Å². The highest BCUT2D eigenvalue weighted by Gasteiger charge is 2.55. The van der Waals surface area contributed by atoms with Crippen molar-refractivity contribution in [2.45, 2.75) is 88.6 Å². The number of nitriles is 1. The molecule has 4 aromatic rings. The molecule has 2 aromatic carbocycles. The number of hydrogen-bond donors (Lipinski definition) is 5. The molecule has 310 valence electrons. The zero-order chi connectivity index (χ0) is 41.6. The number of piperidine rings is 1. The minimum absolute atomic E-state index is 0.00742. The smallest absolute Gasteiger partial charge is 0.251 e. The van der Waals surface area contributed by atoms with Gasteiger partial charge >= 0.3 is 0 Å². The van der Waals surface area contributed by atoms with Crippen molar-refractivity contribution in [1.29, 1.82) is 5.26 Å². The van der Waals surface area contributed by atoms with Crippen LogP contribution in [0.3, 0.4) is 0 Å². The average molecular weight is 822 g/mol. The van der Waals surface area contributed by atoms with Crippen LogP contribution in [0.15, 0.2) is 65.9 Å². The van der Waals surface area contributed by atoms with E-state index in [9.17, 15) is 28.1 Å². The summed E-state index contributed by atoms with van der Waals surface area (Å²) in [6, 6.07) is 19.0. The zero-order valence-electron chi connectivity index (χ0n) is 33.4. The van der Waals surface area contributed by atoms with Gasteiger partial charge in [-0.05, 0) is 81.1 Å². The van der Waals surface area contributed by atoms with E-state index in [-0.39, 0.29) is 60.9 Å². The van der Waals surface area contributed by atoms with E-state index in [1.165, 1.54) is 4.31 Å². The van der Waals surface area contributed by atoms with Crippen LogP contribution in [0.1, 0.15) is 98.7 Å². The second-order valence-corrected chi connectivity index (χ2v) is 17.8. The molecule has 2 aromatic heterocycles. The summed E-state index contributed by atoms with van der Waals surface area (Å²) in [6.45, 7) is 5.47. The Kier molecular flexibility index (Phi) is 12.6. The van der Waals surface area contributed by atoms with Crippen LogP contribution in [-0.4, -0.2) is 100 Å². The Hall–Kier alpha value is -5.86. The number of unbranched alkanes of at least 4 members (excludes halogenated alkanes) is 4. The molecule has 0 bridgehead atoms. The van der Waals surface area contributed by atoms with Crippen molar-refractivity contribution in [3.63, 3.8) is 0 Å². The number of rotatable bonds is 18. The lowest BCUT2D eigenvalue weighted by atomic mass is 9.85. The molecule has 7 rings (SSSR count). The van der Waals surface area contributed by atoms with Crippen molar-refractivity contribution in [2.75, 3.05) is 42.6 Å². The zero-order valence-corrected chi connectivity index (χ0v) is 34.2. The highest BCUT2D eigenvalue weighted by Crippen LogP contribution is 2.41. The molecule has 0 radical (unpaired) electrons. The van der Waals surface area contributed by atoms with Crippen molar-refractivity contribution in [1.82, 2.24) is 34.9 Å². The van der Waals surface area contributed by atoms with Crippen LogP contribution in [0.2, 0.25) is 0 Å². The Bertz CT molecular complexity index is 2350. The molecule has 2 fully saturated rings. The normalized spacial score (nSPS) is 20.2. The lowest BCUT2D eigenvalue weighted by Gasteiger charge is -2.53. The SMILES string of the molecule is CCS(=O)(=O)N1CC(CC#N)(N2N=CC(c3nc(Nc4ccc(C(=O)NCCCCCCCNc5cccc(C6CCC(=O)NC6=O)c5)cc4)nc4[nH]ccc34)C2C)C1. The summed E-state index contributed by atoms with van der Waals surface area (Å²) >= 11 is 0. The molecule has 5 N–H and O–H groups in total. The standard InChI is InChI=1S/C42H51N11O5S/c1-3-59(57,58)52-26-42(27-52,19-20-43)53-28(2)35(25-47-53)37-34-18-23-45-38(34)51-41(50-37)48-31-14-12-29(13-15-31)39(55)46-22-8-6-4-5-7-21-44-32-11-9-10-30(24-32)33-16-17-36(54)49-40(33)56/h9-15,18,23-25,28,33,35,44H,3-8,16-17,19,21-22,26-27H2,1-2H3,(H,46,55)(H,49,54,56)(H2,45,48,50,51). The van der Waals surface area contributed by atoms with E-state index in [1.54, 1.807) is 25.3 Å². The van der Waals surface area contributed by atoms with Crippen LogP contribution >= 0.6 is 0 Å². The maximum absolute atomic E-state index is 12.9. The molecule has 17 heteroatoms. The van der Waals surface area contributed by atoms with Crippen molar-refractivity contribution in [3.05, 3.63) is 77.6 Å². The average Bonchev–Trinajstić information content (AvgIpc) is 3.85. The summed E-state index contributed by atoms with van der Waals surface area (Å²) in [5, 5.41) is 29.3. The van der Waals surface area contributed by atoms with E-state index in [0.29, 0.717) is 42.2 Å². The van der Waals surface area contributed by atoms with Gasteiger partial charge in [0.25, 0.3) is 5.91 Å². The van der Waals surface area contributed by atoms with Crippen molar-refractivity contribution in [2.24, 2.45) is 5.10 Å². The molecular formula is C42H51N11O5S. The van der Waals surface area contributed by atoms with Gasteiger partial charge in [0, 0.05) is 67.3 Å². The molecule has 3 aliphatic heterocycles. The third-order valence-corrected chi connectivity index (χ3v) is 13.3. The minimum atomic E-state index is -3.37. The Morgan fingerprint density at radius 2 is 1.76 bits per heavy atom. The number of aromatic amines is 1. The van der Waals surface area contributed by atoms with E-state index in [2.05, 4.69) is 37.3 Å². The third-order valence-electron chi connectivity index (χ3n) is 11.5. The molecule has 0 saturated carbocycles. The van der Waals surface area contributed by atoms with Gasteiger partial charge < -0.3 is 20.9 Å². The molecular weight excluding hydrogens is 771 g/mol. The number of sulfonamides is 1.